The molecule has 0 spiro atoms. The first-order valence-corrected chi connectivity index (χ1v) is 13.4. The molecule has 2 aromatic carbocycles. The molecule has 2 aromatic heterocycles. The Balaban J connectivity index is 1.63. The summed E-state index contributed by atoms with van der Waals surface area (Å²) in [5.74, 6) is -0.155. The number of aryl methyl sites for hydroxylation is 1. The standard InChI is InChI=1S/C33H34N2O3/c1-32(2)13-14-33(3,4)27-17-24-22(16-26(27)32)10-11-23-25(20-6-8-21(9-7-20)31(36)37)19-35(30(23)24)28-18-34-15-12-29(28)38-5/h6-9,12,15-19H,10-11,13-14H2,1-5H3,(H,36,37). The molecule has 0 bridgehead atoms. The highest BCUT2D eigenvalue weighted by Gasteiger charge is 2.39. The minimum absolute atomic E-state index is 0.108. The molecule has 38 heavy (non-hydrogen) atoms. The van der Waals surface area contributed by atoms with E-state index < -0.39 is 5.97 Å². The van der Waals surface area contributed by atoms with Crippen LogP contribution in [-0.4, -0.2) is 27.7 Å². The summed E-state index contributed by atoms with van der Waals surface area (Å²) in [6, 6.07) is 14.0. The molecule has 2 aliphatic rings. The van der Waals surface area contributed by atoms with Gasteiger partial charge in [-0.15, -0.1) is 0 Å². The Morgan fingerprint density at radius 1 is 0.947 bits per heavy atom. The third kappa shape index (κ3) is 3.75. The number of pyridine rings is 1. The summed E-state index contributed by atoms with van der Waals surface area (Å²) < 4.78 is 7.99. The molecular weight excluding hydrogens is 472 g/mol. The first-order chi connectivity index (χ1) is 18.1. The number of methoxy groups -OCH3 is 1. The lowest BCUT2D eigenvalue weighted by molar-refractivity contribution is 0.0697. The van der Waals surface area contributed by atoms with Crippen LogP contribution in [0.4, 0.5) is 0 Å². The molecular formula is C33H34N2O3. The van der Waals surface area contributed by atoms with E-state index in [0.29, 0.717) is 0 Å². The Morgan fingerprint density at radius 3 is 2.29 bits per heavy atom. The van der Waals surface area contributed by atoms with E-state index in [2.05, 4.69) is 55.6 Å². The summed E-state index contributed by atoms with van der Waals surface area (Å²) >= 11 is 0. The van der Waals surface area contributed by atoms with Crippen LogP contribution >= 0.6 is 0 Å². The zero-order valence-electron chi connectivity index (χ0n) is 22.8. The van der Waals surface area contributed by atoms with Gasteiger partial charge in [-0.2, -0.15) is 0 Å². The van der Waals surface area contributed by atoms with Crippen LogP contribution in [0.15, 0.2) is 61.1 Å². The maximum Gasteiger partial charge on any atom is 0.335 e. The molecule has 0 saturated carbocycles. The van der Waals surface area contributed by atoms with Gasteiger partial charge in [0.05, 0.1) is 24.6 Å². The molecule has 4 aromatic rings. The minimum Gasteiger partial charge on any atom is -0.494 e. The van der Waals surface area contributed by atoms with E-state index in [9.17, 15) is 9.90 Å². The second kappa shape index (κ2) is 8.59. The van der Waals surface area contributed by atoms with Gasteiger partial charge >= 0.3 is 5.97 Å². The average molecular weight is 507 g/mol. The fraction of sp³-hybridized carbons (Fsp3) is 0.333. The van der Waals surface area contributed by atoms with E-state index in [1.54, 1.807) is 25.4 Å². The van der Waals surface area contributed by atoms with Crippen molar-refractivity contribution in [3.05, 3.63) is 88.9 Å². The zero-order valence-corrected chi connectivity index (χ0v) is 22.8. The third-order valence-electron chi connectivity index (χ3n) is 8.77. The topological polar surface area (TPSA) is 64.4 Å². The fourth-order valence-electron chi connectivity index (χ4n) is 6.39. The van der Waals surface area contributed by atoms with Crippen LogP contribution in [0.5, 0.6) is 5.75 Å². The van der Waals surface area contributed by atoms with Gasteiger partial charge in [0, 0.05) is 29.6 Å². The maximum absolute atomic E-state index is 11.5. The third-order valence-corrected chi connectivity index (χ3v) is 8.77. The Labute approximate surface area is 224 Å². The molecule has 1 N–H and O–H groups in total. The number of nitrogens with zero attached hydrogens (tertiary/aromatic N) is 2. The van der Waals surface area contributed by atoms with Gasteiger partial charge in [0.25, 0.3) is 0 Å². The summed E-state index contributed by atoms with van der Waals surface area (Å²) in [6.07, 6.45) is 10.0. The first kappa shape index (κ1) is 24.5. The molecule has 2 aliphatic carbocycles. The molecule has 0 unspecified atom stereocenters. The van der Waals surface area contributed by atoms with E-state index in [1.165, 1.54) is 39.9 Å². The normalized spacial score (nSPS) is 16.8. The number of aromatic carboxylic acids is 1. The van der Waals surface area contributed by atoms with Gasteiger partial charge in [0.1, 0.15) is 11.4 Å². The SMILES string of the molecule is COc1ccncc1-n1cc(-c2ccc(C(=O)O)cc2)c2c1-c1cc3c(cc1CC2)C(C)(C)CCC3(C)C. The van der Waals surface area contributed by atoms with Gasteiger partial charge in [-0.05, 0) is 82.5 Å². The number of benzene rings is 2. The first-order valence-electron chi connectivity index (χ1n) is 13.4. The molecule has 6 rings (SSSR count). The summed E-state index contributed by atoms with van der Waals surface area (Å²) in [7, 11) is 1.69. The number of hydrogen-bond acceptors (Lipinski definition) is 3. The van der Waals surface area contributed by atoms with E-state index in [1.807, 2.05) is 24.4 Å². The van der Waals surface area contributed by atoms with Crippen molar-refractivity contribution in [1.82, 2.24) is 9.55 Å². The van der Waals surface area contributed by atoms with Crippen molar-refractivity contribution in [1.29, 1.82) is 0 Å². The second-order valence-corrected chi connectivity index (χ2v) is 12.0. The molecule has 194 valence electrons. The lowest BCUT2D eigenvalue weighted by Crippen LogP contribution is -2.34. The Kier molecular flexibility index (Phi) is 5.53. The van der Waals surface area contributed by atoms with Crippen molar-refractivity contribution in [2.24, 2.45) is 0 Å². The Bertz CT molecular complexity index is 1570. The Morgan fingerprint density at radius 2 is 1.63 bits per heavy atom. The van der Waals surface area contributed by atoms with Crippen LogP contribution in [0.25, 0.3) is 28.1 Å². The number of aromatic nitrogens is 2. The van der Waals surface area contributed by atoms with E-state index in [0.717, 1.165) is 41.8 Å². The van der Waals surface area contributed by atoms with Gasteiger partial charge in [0.2, 0.25) is 0 Å². The van der Waals surface area contributed by atoms with E-state index >= 15 is 0 Å². The molecule has 0 amide bonds. The Hall–Kier alpha value is -3.86. The quantitative estimate of drug-likeness (QED) is 0.314. The number of carbonyl (C=O) groups is 1. The van der Waals surface area contributed by atoms with Crippen molar-refractivity contribution in [3.8, 4) is 33.8 Å². The average Bonchev–Trinajstić information content (AvgIpc) is 3.30. The highest BCUT2D eigenvalue weighted by Crippen LogP contribution is 2.50. The van der Waals surface area contributed by atoms with Crippen LogP contribution in [0, 0.1) is 0 Å². The van der Waals surface area contributed by atoms with Crippen LogP contribution < -0.4 is 4.74 Å². The van der Waals surface area contributed by atoms with Crippen molar-refractivity contribution < 1.29 is 14.6 Å². The summed E-state index contributed by atoms with van der Waals surface area (Å²) in [5.41, 5.74) is 11.6. The van der Waals surface area contributed by atoms with Crippen molar-refractivity contribution in [3.63, 3.8) is 0 Å². The second-order valence-electron chi connectivity index (χ2n) is 12.0. The lowest BCUT2D eigenvalue weighted by atomic mass is 9.62. The van der Waals surface area contributed by atoms with Gasteiger partial charge in [0.15, 0.2) is 0 Å². The summed E-state index contributed by atoms with van der Waals surface area (Å²) in [6.45, 7) is 9.50. The lowest BCUT2D eigenvalue weighted by Gasteiger charge is -2.43. The smallest absolute Gasteiger partial charge is 0.335 e. The molecule has 0 radical (unpaired) electrons. The van der Waals surface area contributed by atoms with Crippen LogP contribution in [0.3, 0.4) is 0 Å². The predicted molar refractivity (Wildman–Crippen MR) is 151 cm³/mol. The highest BCUT2D eigenvalue weighted by molar-refractivity contribution is 5.89. The fourth-order valence-corrected chi connectivity index (χ4v) is 6.39. The van der Waals surface area contributed by atoms with E-state index in [4.69, 9.17) is 4.74 Å². The number of hydrogen-bond donors (Lipinski definition) is 1. The van der Waals surface area contributed by atoms with Crippen LogP contribution in [0.1, 0.15) is 73.1 Å². The molecule has 0 aliphatic heterocycles. The van der Waals surface area contributed by atoms with Gasteiger partial charge in [-0.25, -0.2) is 4.79 Å². The van der Waals surface area contributed by atoms with Crippen molar-refractivity contribution >= 4 is 5.97 Å². The molecule has 5 nitrogen and oxygen atoms in total. The number of ether oxygens (including phenoxy) is 1. The molecule has 2 heterocycles. The minimum atomic E-state index is -0.916. The molecule has 0 fully saturated rings. The van der Waals surface area contributed by atoms with E-state index in [-0.39, 0.29) is 16.4 Å². The molecule has 5 heteroatoms. The van der Waals surface area contributed by atoms with Crippen molar-refractivity contribution in [2.75, 3.05) is 7.11 Å². The van der Waals surface area contributed by atoms with Crippen molar-refractivity contribution in [2.45, 2.75) is 64.2 Å². The molecule has 0 atom stereocenters. The predicted octanol–water partition coefficient (Wildman–Crippen LogP) is 7.36. The number of carboxylic acid groups (broad SMARTS) is 1. The zero-order chi connectivity index (χ0) is 26.8. The summed E-state index contributed by atoms with van der Waals surface area (Å²) in [4.78, 5) is 15.9. The van der Waals surface area contributed by atoms with Gasteiger partial charge < -0.3 is 14.4 Å². The maximum atomic E-state index is 11.5. The number of carboxylic acids is 1. The van der Waals surface area contributed by atoms with Crippen LogP contribution in [-0.2, 0) is 23.7 Å². The molecule has 0 saturated heterocycles. The van der Waals surface area contributed by atoms with Gasteiger partial charge in [-0.1, -0.05) is 45.9 Å². The monoisotopic (exact) mass is 506 g/mol. The number of rotatable bonds is 4. The van der Waals surface area contributed by atoms with Crippen LogP contribution in [0.2, 0.25) is 0 Å². The summed E-state index contributed by atoms with van der Waals surface area (Å²) in [5, 5.41) is 9.41. The largest absolute Gasteiger partial charge is 0.494 e. The van der Waals surface area contributed by atoms with Gasteiger partial charge in [-0.3, -0.25) is 4.98 Å². The highest BCUT2D eigenvalue weighted by atomic mass is 16.5. The number of fused-ring (bicyclic) bond motifs is 4.